The molecule has 5 N–H and O–H groups in total. The number of carbonyl (C=O) groups is 8. The van der Waals surface area contributed by atoms with Crippen LogP contribution in [0.5, 0.6) is 0 Å². The first-order valence-electron chi connectivity index (χ1n) is 27.3. The van der Waals surface area contributed by atoms with Crippen molar-refractivity contribution in [1.82, 2.24) is 5.06 Å². The van der Waals surface area contributed by atoms with Gasteiger partial charge in [-0.2, -0.15) is 0 Å². The second-order valence-electron chi connectivity index (χ2n) is 19.6. The average molecular weight is 982 g/mol. The van der Waals surface area contributed by atoms with E-state index in [0.717, 1.165) is 122 Å². The first-order valence-corrected chi connectivity index (χ1v) is 27.3. The molecule has 1 aliphatic rings. The fourth-order valence-corrected chi connectivity index (χ4v) is 9.10. The second-order valence-corrected chi connectivity index (χ2v) is 19.6. The molecule has 0 aromatic carbocycles. The van der Waals surface area contributed by atoms with E-state index in [-0.39, 0.29) is 51.4 Å². The molecule has 0 aromatic heterocycles. The molecule has 1 unspecified atom stereocenters. The molecule has 1 heterocycles. The lowest BCUT2D eigenvalue weighted by atomic mass is 9.77. The average Bonchev–Trinajstić information content (AvgIpc) is 3.62. The molecule has 0 radical (unpaired) electrons. The van der Waals surface area contributed by atoms with E-state index in [1.165, 1.54) is 57.8 Å². The summed E-state index contributed by atoms with van der Waals surface area (Å²) in [5.41, 5.74) is -3.42. The number of amides is 2. The highest BCUT2D eigenvalue weighted by molar-refractivity contribution is 6.04. The Balaban J connectivity index is 0.00000137. The number of carbonyl (C=O) groups excluding carboxylic acids is 3. The number of hydrogen-bond donors (Lipinski definition) is 5. The van der Waals surface area contributed by atoms with Crippen LogP contribution in [0.2, 0.25) is 0 Å². The molecule has 1 atom stereocenters. The van der Waals surface area contributed by atoms with Crippen LogP contribution in [0.4, 0.5) is 0 Å². The Hall–Kier alpha value is -4.04. The molecule has 0 spiro atoms. The minimum atomic E-state index is -1.78. The normalized spacial score (nSPS) is 13.4. The maximum absolute atomic E-state index is 13.1. The Bertz CT molecular complexity index is 1420. The van der Waals surface area contributed by atoms with Crippen molar-refractivity contribution >= 4 is 47.6 Å². The van der Waals surface area contributed by atoms with Crippen LogP contribution >= 0.6 is 0 Å². The maximum Gasteiger partial charge on any atom is 0.350 e. The largest absolute Gasteiger partial charge is 0.481 e. The third-order valence-electron chi connectivity index (χ3n) is 13.7. The van der Waals surface area contributed by atoms with Gasteiger partial charge >= 0.3 is 35.8 Å². The third kappa shape index (κ3) is 31.0. The number of carboxylic acid groups (broad SMARTS) is 5. The van der Waals surface area contributed by atoms with E-state index in [2.05, 4.69) is 13.8 Å². The molecule has 1 fully saturated rings. The van der Waals surface area contributed by atoms with Crippen molar-refractivity contribution in [3.8, 4) is 0 Å². The lowest BCUT2D eigenvalue weighted by Gasteiger charge is -2.28. The number of unbranched alkanes of at least 4 members (excludes halogenated alkanes) is 30. The molecule has 15 nitrogen and oxygen atoms in total. The van der Waals surface area contributed by atoms with Gasteiger partial charge in [-0.3, -0.25) is 33.6 Å². The fraction of sp³-hybridized carbons (Fsp3) is 0.852. The number of rotatable bonds is 47. The van der Waals surface area contributed by atoms with Gasteiger partial charge in [0.05, 0.1) is 0 Å². The Labute approximate surface area is 414 Å². The van der Waals surface area contributed by atoms with E-state index >= 15 is 0 Å². The summed E-state index contributed by atoms with van der Waals surface area (Å²) in [6, 6.07) is 0. The van der Waals surface area contributed by atoms with Crippen LogP contribution < -0.4 is 0 Å². The van der Waals surface area contributed by atoms with Gasteiger partial charge in [0.15, 0.2) is 10.8 Å². The highest BCUT2D eigenvalue weighted by Gasteiger charge is 2.49. The number of imide groups is 1. The summed E-state index contributed by atoms with van der Waals surface area (Å²) in [5.74, 6) is -7.43. The zero-order chi connectivity index (χ0) is 51.6. The SMILES string of the molecule is CCCCCCCCCCCC(CCCCCCCCCCC(=O)O)(C(=O)O)C(=O)O.CCCCCCCCCCCC(CCCCCCCCCCC(=O)O)(C(=O)O)C(=O)ON1C(=O)CCC1=O. The first kappa shape index (κ1) is 65.0. The van der Waals surface area contributed by atoms with Crippen molar-refractivity contribution in [2.24, 2.45) is 10.8 Å². The maximum atomic E-state index is 13.1. The molecule has 0 saturated carbocycles. The summed E-state index contributed by atoms with van der Waals surface area (Å²) in [7, 11) is 0. The minimum absolute atomic E-state index is 0.0409. The third-order valence-corrected chi connectivity index (χ3v) is 13.7. The lowest BCUT2D eigenvalue weighted by Crippen LogP contribution is -2.45. The first-order chi connectivity index (χ1) is 33.1. The fourth-order valence-electron chi connectivity index (χ4n) is 9.10. The Morgan fingerprint density at radius 2 is 0.609 bits per heavy atom. The summed E-state index contributed by atoms with van der Waals surface area (Å²) >= 11 is 0. The number of carboxylic acids is 5. The predicted molar refractivity (Wildman–Crippen MR) is 266 cm³/mol. The van der Waals surface area contributed by atoms with E-state index in [4.69, 9.17) is 15.1 Å². The van der Waals surface area contributed by atoms with Crippen LogP contribution in [-0.4, -0.2) is 78.2 Å². The molecule has 1 rings (SSSR count). The molecular weight excluding hydrogens is 887 g/mol. The molecule has 69 heavy (non-hydrogen) atoms. The molecule has 1 saturated heterocycles. The molecule has 0 aromatic rings. The Morgan fingerprint density at radius 3 is 0.855 bits per heavy atom. The molecule has 0 aliphatic carbocycles. The number of aliphatic carboxylic acids is 5. The predicted octanol–water partition coefficient (Wildman–Crippen LogP) is 13.6. The molecule has 400 valence electrons. The van der Waals surface area contributed by atoms with Crippen molar-refractivity contribution in [1.29, 1.82) is 0 Å². The van der Waals surface area contributed by atoms with Gasteiger partial charge in [-0.1, -0.05) is 219 Å². The molecule has 1 aliphatic heterocycles. The van der Waals surface area contributed by atoms with Crippen LogP contribution in [-0.2, 0) is 43.2 Å². The smallest absolute Gasteiger partial charge is 0.350 e. The quantitative estimate of drug-likeness (QED) is 0.0216. The van der Waals surface area contributed by atoms with Gasteiger partial charge in [0.2, 0.25) is 0 Å². The lowest BCUT2D eigenvalue weighted by molar-refractivity contribution is -0.208. The van der Waals surface area contributed by atoms with Crippen molar-refractivity contribution in [2.75, 3.05) is 0 Å². The summed E-state index contributed by atoms with van der Waals surface area (Å²) in [6.45, 7) is 4.38. The van der Waals surface area contributed by atoms with Gasteiger partial charge in [0.1, 0.15) is 0 Å². The van der Waals surface area contributed by atoms with Gasteiger partial charge < -0.3 is 30.4 Å². The summed E-state index contributed by atoms with van der Waals surface area (Å²) < 4.78 is 0. The second kappa shape index (κ2) is 41.7. The van der Waals surface area contributed by atoms with E-state index in [1.54, 1.807) is 0 Å². The van der Waals surface area contributed by atoms with Gasteiger partial charge in [0.25, 0.3) is 11.8 Å². The molecular formula is C54H95NO14. The summed E-state index contributed by atoms with van der Waals surface area (Å²) in [5, 5.41) is 47.2. The Kier molecular flexibility index (Phi) is 39.3. The standard InChI is InChI=1S/C29H49NO8.C25H46O6/c1-2-3-4-5-6-8-11-14-17-22-29(27(35)36,28(37)38-30-24(31)20-21-25(30)32)23-18-15-12-9-7-10-13-16-19-26(33)34;1-2-3-4-5-6-8-11-14-17-20-25(23(28)29,24(30)31)21-18-15-12-9-7-10-13-16-19-22(26)27/h2-23H2,1H3,(H,33,34)(H,35,36);2-21H2,1H3,(H,26,27)(H,28,29)(H,30,31). The summed E-state index contributed by atoms with van der Waals surface area (Å²) in [4.78, 5) is 99.3. The topological polar surface area (TPSA) is 250 Å². The van der Waals surface area contributed by atoms with Crippen LogP contribution in [0.25, 0.3) is 0 Å². The van der Waals surface area contributed by atoms with E-state index in [9.17, 15) is 53.7 Å². The zero-order valence-corrected chi connectivity index (χ0v) is 43.1. The van der Waals surface area contributed by atoms with Gasteiger partial charge in [-0.25, -0.2) is 4.79 Å². The van der Waals surface area contributed by atoms with E-state index in [1.807, 2.05) is 0 Å². The van der Waals surface area contributed by atoms with Crippen LogP contribution in [0.1, 0.15) is 284 Å². The Morgan fingerprint density at radius 1 is 0.377 bits per heavy atom. The number of hydroxylamine groups is 2. The zero-order valence-electron chi connectivity index (χ0n) is 43.1. The van der Waals surface area contributed by atoms with E-state index in [0.29, 0.717) is 43.6 Å². The van der Waals surface area contributed by atoms with Crippen LogP contribution in [0.15, 0.2) is 0 Å². The van der Waals surface area contributed by atoms with Crippen molar-refractivity contribution in [2.45, 2.75) is 284 Å². The van der Waals surface area contributed by atoms with Gasteiger partial charge in [-0.15, -0.1) is 5.06 Å². The van der Waals surface area contributed by atoms with Crippen molar-refractivity contribution in [3.63, 3.8) is 0 Å². The highest BCUT2D eigenvalue weighted by atomic mass is 16.7. The van der Waals surface area contributed by atoms with Gasteiger partial charge in [-0.05, 0) is 38.5 Å². The molecule has 15 heteroatoms. The minimum Gasteiger partial charge on any atom is -0.481 e. The van der Waals surface area contributed by atoms with Crippen LogP contribution in [0, 0.1) is 10.8 Å². The van der Waals surface area contributed by atoms with Gasteiger partial charge in [0, 0.05) is 25.7 Å². The summed E-state index contributed by atoms with van der Waals surface area (Å²) in [6.07, 6.45) is 34.3. The number of nitrogens with zero attached hydrogens (tertiary/aromatic N) is 1. The van der Waals surface area contributed by atoms with Crippen molar-refractivity contribution < 1.29 is 68.7 Å². The van der Waals surface area contributed by atoms with Crippen molar-refractivity contribution in [3.05, 3.63) is 0 Å². The van der Waals surface area contributed by atoms with E-state index < -0.39 is 58.5 Å². The number of hydrogen-bond acceptors (Lipinski definition) is 9. The molecule has 0 bridgehead atoms. The van der Waals surface area contributed by atoms with Crippen LogP contribution in [0.3, 0.4) is 0 Å². The highest BCUT2D eigenvalue weighted by Crippen LogP contribution is 2.36. The monoisotopic (exact) mass is 982 g/mol. The molecule has 2 amide bonds.